The molecular formula is C12H11NO3. The first-order valence-corrected chi connectivity index (χ1v) is 5.07. The van der Waals surface area contributed by atoms with Crippen LogP contribution in [0.2, 0.25) is 0 Å². The molecule has 0 aromatic heterocycles. The topological polar surface area (TPSA) is 59.3 Å². The highest BCUT2D eigenvalue weighted by Crippen LogP contribution is 2.31. The van der Waals surface area contributed by atoms with Crippen molar-refractivity contribution in [2.24, 2.45) is 0 Å². The van der Waals surface area contributed by atoms with Crippen LogP contribution in [0.15, 0.2) is 24.3 Å². The number of ether oxygens (including phenoxy) is 2. The van der Waals surface area contributed by atoms with E-state index in [1.165, 1.54) is 0 Å². The molecule has 1 aliphatic rings. The summed E-state index contributed by atoms with van der Waals surface area (Å²) in [5.41, 5.74) is -0.666. The van der Waals surface area contributed by atoms with Crippen molar-refractivity contribution in [3.63, 3.8) is 0 Å². The number of carbonyl (C=O) groups is 1. The number of esters is 1. The van der Waals surface area contributed by atoms with Gasteiger partial charge < -0.3 is 9.47 Å². The molecule has 1 aromatic carbocycles. The lowest BCUT2D eigenvalue weighted by Gasteiger charge is -2.29. The van der Waals surface area contributed by atoms with E-state index in [1.807, 2.05) is 18.2 Å². The fourth-order valence-electron chi connectivity index (χ4n) is 1.75. The minimum absolute atomic E-state index is 0.242. The smallest absolute Gasteiger partial charge is 0.359 e. The van der Waals surface area contributed by atoms with Crippen LogP contribution in [0.3, 0.4) is 0 Å². The number of rotatable bonds is 2. The van der Waals surface area contributed by atoms with Crippen LogP contribution in [0.4, 0.5) is 0 Å². The minimum Gasteiger partial charge on any atom is -0.423 e. The molecule has 4 heteroatoms. The van der Waals surface area contributed by atoms with Crippen molar-refractivity contribution in [1.82, 2.24) is 0 Å². The molecule has 0 spiro atoms. The molecule has 1 unspecified atom stereocenters. The van der Waals surface area contributed by atoms with Gasteiger partial charge in [-0.1, -0.05) is 18.2 Å². The van der Waals surface area contributed by atoms with E-state index in [1.54, 1.807) is 19.1 Å². The monoisotopic (exact) mass is 217 g/mol. The van der Waals surface area contributed by atoms with E-state index in [0.29, 0.717) is 12.4 Å². The predicted octanol–water partition coefficient (Wildman–Crippen LogP) is 1.45. The van der Waals surface area contributed by atoms with Crippen molar-refractivity contribution < 1.29 is 14.3 Å². The second-order valence-electron chi connectivity index (χ2n) is 3.55. The van der Waals surface area contributed by atoms with E-state index in [-0.39, 0.29) is 6.42 Å². The zero-order valence-corrected chi connectivity index (χ0v) is 8.90. The van der Waals surface area contributed by atoms with Crippen molar-refractivity contribution >= 4 is 5.97 Å². The summed E-state index contributed by atoms with van der Waals surface area (Å²) in [7, 11) is 0. The highest BCUT2D eigenvalue weighted by molar-refractivity contribution is 5.87. The molecule has 1 heterocycles. The van der Waals surface area contributed by atoms with Gasteiger partial charge in [0.25, 0.3) is 5.60 Å². The Balaban J connectivity index is 2.41. The standard InChI is InChI=1S/C12H11NO3/c1-2-15-12(8-13)7-9-5-3-4-6-10(9)16-11(12)14/h3-6H,2,7H2,1H3. The number of hydrogen-bond acceptors (Lipinski definition) is 4. The zero-order valence-electron chi connectivity index (χ0n) is 8.90. The number of nitriles is 1. The van der Waals surface area contributed by atoms with Crippen molar-refractivity contribution in [2.75, 3.05) is 6.61 Å². The van der Waals surface area contributed by atoms with Gasteiger partial charge in [-0.3, -0.25) is 0 Å². The Labute approximate surface area is 93.4 Å². The van der Waals surface area contributed by atoms with Crippen LogP contribution in [0.1, 0.15) is 12.5 Å². The molecule has 1 aromatic rings. The summed E-state index contributed by atoms with van der Waals surface area (Å²) >= 11 is 0. The van der Waals surface area contributed by atoms with Gasteiger partial charge in [0.15, 0.2) is 0 Å². The van der Waals surface area contributed by atoms with Crippen LogP contribution in [-0.2, 0) is 16.0 Å². The normalized spacial score (nSPS) is 23.1. The number of benzene rings is 1. The average Bonchev–Trinajstić information content (AvgIpc) is 2.30. The van der Waals surface area contributed by atoms with E-state index >= 15 is 0 Å². The second kappa shape index (κ2) is 3.95. The molecule has 0 radical (unpaired) electrons. The number of nitrogens with zero attached hydrogens (tertiary/aromatic N) is 1. The maximum atomic E-state index is 11.7. The average molecular weight is 217 g/mol. The van der Waals surface area contributed by atoms with Crippen LogP contribution < -0.4 is 4.74 Å². The van der Waals surface area contributed by atoms with Gasteiger partial charge in [0.1, 0.15) is 11.8 Å². The van der Waals surface area contributed by atoms with E-state index in [0.717, 1.165) is 5.56 Å². The highest BCUT2D eigenvalue weighted by Gasteiger charge is 2.46. The molecule has 0 N–H and O–H groups in total. The molecule has 82 valence electrons. The van der Waals surface area contributed by atoms with Crippen LogP contribution in [-0.4, -0.2) is 18.2 Å². The van der Waals surface area contributed by atoms with Gasteiger partial charge in [-0.05, 0) is 18.6 Å². The summed E-state index contributed by atoms with van der Waals surface area (Å²) in [6.45, 7) is 2.04. The Bertz CT molecular complexity index is 464. The predicted molar refractivity (Wildman–Crippen MR) is 55.8 cm³/mol. The first-order chi connectivity index (χ1) is 7.72. The Morgan fingerprint density at radius 1 is 1.56 bits per heavy atom. The zero-order chi connectivity index (χ0) is 11.6. The van der Waals surface area contributed by atoms with Crippen LogP contribution in [0.5, 0.6) is 5.75 Å². The third-order valence-corrected chi connectivity index (χ3v) is 2.52. The Hall–Kier alpha value is -1.86. The van der Waals surface area contributed by atoms with Gasteiger partial charge in [-0.15, -0.1) is 0 Å². The molecule has 16 heavy (non-hydrogen) atoms. The number of carbonyl (C=O) groups excluding carboxylic acids is 1. The molecular weight excluding hydrogens is 206 g/mol. The number of para-hydroxylation sites is 1. The molecule has 4 nitrogen and oxygen atoms in total. The third kappa shape index (κ3) is 1.55. The first-order valence-electron chi connectivity index (χ1n) is 5.07. The van der Waals surface area contributed by atoms with Gasteiger partial charge in [-0.2, -0.15) is 5.26 Å². The molecule has 0 fully saturated rings. The van der Waals surface area contributed by atoms with E-state index in [9.17, 15) is 4.79 Å². The molecule has 0 saturated carbocycles. The third-order valence-electron chi connectivity index (χ3n) is 2.52. The summed E-state index contributed by atoms with van der Waals surface area (Å²) in [6, 6.07) is 9.07. The fourth-order valence-corrected chi connectivity index (χ4v) is 1.75. The first kappa shape index (κ1) is 10.7. The number of fused-ring (bicyclic) bond motifs is 1. The molecule has 0 saturated heterocycles. The molecule has 0 amide bonds. The van der Waals surface area contributed by atoms with Crippen molar-refractivity contribution in [3.8, 4) is 11.8 Å². The molecule has 1 aliphatic heterocycles. The van der Waals surface area contributed by atoms with Gasteiger partial charge in [0.2, 0.25) is 0 Å². The SMILES string of the molecule is CCOC1(C#N)Cc2ccccc2OC1=O. The van der Waals surface area contributed by atoms with Crippen molar-refractivity contribution in [2.45, 2.75) is 18.9 Å². The van der Waals surface area contributed by atoms with E-state index in [4.69, 9.17) is 14.7 Å². The number of hydrogen-bond donors (Lipinski definition) is 0. The minimum atomic E-state index is -1.48. The summed E-state index contributed by atoms with van der Waals surface area (Å²) in [4.78, 5) is 11.7. The Morgan fingerprint density at radius 3 is 3.00 bits per heavy atom. The second-order valence-corrected chi connectivity index (χ2v) is 3.55. The maximum absolute atomic E-state index is 11.7. The van der Waals surface area contributed by atoms with Gasteiger partial charge in [0, 0.05) is 13.0 Å². The van der Waals surface area contributed by atoms with Crippen LogP contribution >= 0.6 is 0 Å². The lowest BCUT2D eigenvalue weighted by molar-refractivity contribution is -0.156. The summed E-state index contributed by atoms with van der Waals surface area (Å²) in [5, 5.41) is 9.09. The lowest BCUT2D eigenvalue weighted by atomic mass is 9.92. The largest absolute Gasteiger partial charge is 0.423 e. The van der Waals surface area contributed by atoms with Gasteiger partial charge in [0.05, 0.1) is 0 Å². The maximum Gasteiger partial charge on any atom is 0.359 e. The fraction of sp³-hybridized carbons (Fsp3) is 0.333. The van der Waals surface area contributed by atoms with E-state index in [2.05, 4.69) is 0 Å². The molecule has 2 rings (SSSR count). The summed E-state index contributed by atoms with van der Waals surface area (Å²) in [6.07, 6.45) is 0.242. The molecule has 1 atom stereocenters. The Morgan fingerprint density at radius 2 is 2.31 bits per heavy atom. The van der Waals surface area contributed by atoms with Crippen LogP contribution in [0.25, 0.3) is 0 Å². The lowest BCUT2D eigenvalue weighted by Crippen LogP contribution is -2.48. The molecule has 0 bridgehead atoms. The van der Waals surface area contributed by atoms with Gasteiger partial charge >= 0.3 is 5.97 Å². The molecule has 0 aliphatic carbocycles. The van der Waals surface area contributed by atoms with E-state index < -0.39 is 11.6 Å². The summed E-state index contributed by atoms with van der Waals surface area (Å²) < 4.78 is 10.4. The van der Waals surface area contributed by atoms with Gasteiger partial charge in [-0.25, -0.2) is 4.79 Å². The Kier molecular flexibility index (Phi) is 2.63. The quantitative estimate of drug-likeness (QED) is 0.555. The summed E-state index contributed by atoms with van der Waals surface area (Å²) in [5.74, 6) is -0.117. The van der Waals surface area contributed by atoms with Crippen LogP contribution in [0, 0.1) is 11.3 Å². The highest BCUT2D eigenvalue weighted by atomic mass is 16.6. The van der Waals surface area contributed by atoms with Crippen molar-refractivity contribution in [1.29, 1.82) is 5.26 Å². The van der Waals surface area contributed by atoms with Crippen molar-refractivity contribution in [3.05, 3.63) is 29.8 Å².